The third-order valence-corrected chi connectivity index (χ3v) is 11.4. The molecule has 1 amide bonds. The summed E-state index contributed by atoms with van der Waals surface area (Å²) < 4.78 is 59.4. The number of imidazole rings is 1. The molecule has 0 bridgehead atoms. The fourth-order valence-corrected chi connectivity index (χ4v) is 5.34. The van der Waals surface area contributed by atoms with Gasteiger partial charge in [-0.25, -0.2) is 9.78 Å². The maximum absolute atomic E-state index is 14.1. The Kier molecular flexibility index (Phi) is 7.83. The molecule has 3 rings (SSSR count). The van der Waals surface area contributed by atoms with Crippen LogP contribution < -0.4 is 4.74 Å². The summed E-state index contributed by atoms with van der Waals surface area (Å²) in [5.41, 5.74) is -1.66. The number of aromatic nitrogens is 2. The van der Waals surface area contributed by atoms with Gasteiger partial charge in [0.05, 0.1) is 24.9 Å². The van der Waals surface area contributed by atoms with Gasteiger partial charge in [0.15, 0.2) is 14.0 Å². The molecular weight excluding hydrogens is 503 g/mol. The number of halogens is 3. The number of amides is 1. The Labute approximate surface area is 217 Å². The molecule has 2 aromatic rings. The van der Waals surface area contributed by atoms with Crippen LogP contribution in [0.3, 0.4) is 0 Å². The number of methoxy groups -OCH3 is 1. The normalized spacial score (nSPS) is 19.3. The van der Waals surface area contributed by atoms with E-state index in [1.54, 1.807) is 32.9 Å². The molecule has 1 aliphatic heterocycles. The van der Waals surface area contributed by atoms with Crippen LogP contribution in [-0.2, 0) is 15.3 Å². The van der Waals surface area contributed by atoms with Gasteiger partial charge < -0.3 is 18.9 Å². The first-order valence-electron chi connectivity index (χ1n) is 12.3. The molecule has 0 spiro atoms. The van der Waals surface area contributed by atoms with E-state index in [9.17, 15) is 18.0 Å². The van der Waals surface area contributed by atoms with Gasteiger partial charge >= 0.3 is 12.3 Å². The second-order valence-corrected chi connectivity index (χ2v) is 16.7. The number of carbonyl (C=O) groups excluding carboxylic acids is 1. The van der Waals surface area contributed by atoms with E-state index in [0.29, 0.717) is 17.7 Å². The van der Waals surface area contributed by atoms with Crippen LogP contribution in [0.15, 0.2) is 24.3 Å². The van der Waals surface area contributed by atoms with E-state index >= 15 is 0 Å². The van der Waals surface area contributed by atoms with Crippen LogP contribution in [0.2, 0.25) is 18.1 Å². The minimum absolute atomic E-state index is 0.0466. The van der Waals surface area contributed by atoms with Crippen molar-refractivity contribution >= 4 is 14.4 Å². The molecule has 0 radical (unpaired) electrons. The van der Waals surface area contributed by atoms with Crippen LogP contribution in [0.1, 0.15) is 65.5 Å². The highest BCUT2D eigenvalue weighted by atomic mass is 28.4. The van der Waals surface area contributed by atoms with E-state index in [1.807, 2.05) is 0 Å². The number of aromatic amines is 1. The summed E-state index contributed by atoms with van der Waals surface area (Å²) in [4.78, 5) is 21.5. The quantitative estimate of drug-likeness (QED) is 0.406. The Morgan fingerprint density at radius 1 is 1.08 bits per heavy atom. The number of alkyl halides is 3. The lowest BCUT2D eigenvalue weighted by Gasteiger charge is -2.38. The molecular formula is C26H38F3N3O4Si. The van der Waals surface area contributed by atoms with Crippen molar-refractivity contribution in [3.05, 3.63) is 35.8 Å². The number of rotatable bonds is 5. The van der Waals surface area contributed by atoms with E-state index in [4.69, 9.17) is 13.9 Å². The van der Waals surface area contributed by atoms with Crippen molar-refractivity contribution in [3.63, 3.8) is 0 Å². The monoisotopic (exact) mass is 541 g/mol. The molecule has 0 aliphatic carbocycles. The second kappa shape index (κ2) is 9.98. The molecule has 0 saturated carbocycles. The molecule has 2 heterocycles. The standard InChI is InChI=1S/C26H38F3N3O4Si/c1-24(2,3)35-23(33)32-15-18(36-37(8,9)25(4,5)6)14-19(32)22-30-20(21(31-22)26(27,28)29)16-10-12-17(34-7)13-11-16/h10-13,18-19H,14-15H2,1-9H3,(H,30,31)/t18-,19+/m1/s1. The number of benzene rings is 1. The minimum Gasteiger partial charge on any atom is -0.497 e. The molecule has 1 saturated heterocycles. The van der Waals surface area contributed by atoms with Gasteiger partial charge in [-0.05, 0) is 63.2 Å². The lowest BCUT2D eigenvalue weighted by Crippen LogP contribution is -2.45. The summed E-state index contributed by atoms with van der Waals surface area (Å²) in [6, 6.07) is 5.48. The predicted octanol–water partition coefficient (Wildman–Crippen LogP) is 7.18. The molecule has 1 fully saturated rings. The van der Waals surface area contributed by atoms with Crippen LogP contribution in [0, 0.1) is 0 Å². The largest absolute Gasteiger partial charge is 0.497 e. The Hall–Kier alpha value is -2.53. The van der Waals surface area contributed by atoms with Gasteiger partial charge in [-0.15, -0.1) is 0 Å². The summed E-state index contributed by atoms with van der Waals surface area (Å²) in [5.74, 6) is 0.569. The van der Waals surface area contributed by atoms with Crippen molar-refractivity contribution in [2.75, 3.05) is 13.7 Å². The van der Waals surface area contributed by atoms with Gasteiger partial charge in [0, 0.05) is 18.5 Å². The fraction of sp³-hybridized carbons (Fsp3) is 0.615. The lowest BCUT2D eigenvalue weighted by molar-refractivity contribution is -0.140. The van der Waals surface area contributed by atoms with Gasteiger partial charge in [0.25, 0.3) is 0 Å². The Balaban J connectivity index is 2.03. The molecule has 206 valence electrons. The third-order valence-electron chi connectivity index (χ3n) is 6.84. The highest BCUT2D eigenvalue weighted by Crippen LogP contribution is 2.43. The first-order valence-corrected chi connectivity index (χ1v) is 15.2. The SMILES string of the molecule is COc1ccc(-c2[nH]c([C@@H]3C[C@@H](O[Si](C)(C)C(C)(C)C)CN3C(=O)OC(C)(C)C)nc2C(F)(F)F)cc1. The summed E-state index contributed by atoms with van der Waals surface area (Å²) in [7, 11) is -0.726. The number of nitrogens with one attached hydrogen (secondary N) is 1. The highest BCUT2D eigenvalue weighted by Gasteiger charge is 2.47. The predicted molar refractivity (Wildman–Crippen MR) is 138 cm³/mol. The van der Waals surface area contributed by atoms with Crippen LogP contribution in [-0.4, -0.2) is 54.6 Å². The molecule has 11 heteroatoms. The number of ether oxygens (including phenoxy) is 2. The average molecular weight is 542 g/mol. The summed E-state index contributed by atoms with van der Waals surface area (Å²) in [5, 5.41) is -0.0719. The molecule has 1 aromatic heterocycles. The molecule has 0 unspecified atom stereocenters. The second-order valence-electron chi connectivity index (χ2n) is 12.0. The fourth-order valence-electron chi connectivity index (χ4n) is 3.98. The van der Waals surface area contributed by atoms with Crippen LogP contribution >= 0.6 is 0 Å². The van der Waals surface area contributed by atoms with Crippen molar-refractivity contribution in [2.24, 2.45) is 0 Å². The van der Waals surface area contributed by atoms with Crippen molar-refractivity contribution in [2.45, 2.75) is 90.0 Å². The molecule has 1 N–H and O–H groups in total. The Morgan fingerprint density at radius 2 is 1.68 bits per heavy atom. The van der Waals surface area contributed by atoms with Gasteiger partial charge in [0.2, 0.25) is 0 Å². The third kappa shape index (κ3) is 6.67. The zero-order valence-electron chi connectivity index (χ0n) is 23.0. The Bertz CT molecular complexity index is 1100. The Morgan fingerprint density at radius 3 is 2.16 bits per heavy atom. The maximum atomic E-state index is 14.1. The molecule has 37 heavy (non-hydrogen) atoms. The van der Waals surface area contributed by atoms with Crippen molar-refractivity contribution in [1.29, 1.82) is 0 Å². The zero-order valence-corrected chi connectivity index (χ0v) is 24.0. The first kappa shape index (κ1) is 29.0. The number of nitrogens with zero attached hydrogens (tertiary/aromatic N) is 2. The van der Waals surface area contributed by atoms with Gasteiger partial charge in [-0.1, -0.05) is 20.8 Å². The van der Waals surface area contributed by atoms with E-state index in [2.05, 4.69) is 43.8 Å². The first-order chi connectivity index (χ1) is 16.8. The van der Waals surface area contributed by atoms with E-state index in [-0.39, 0.29) is 29.2 Å². The van der Waals surface area contributed by atoms with E-state index in [0.717, 1.165) is 0 Å². The summed E-state index contributed by atoms with van der Waals surface area (Å²) in [6.45, 7) is 16.0. The van der Waals surface area contributed by atoms with E-state index < -0.39 is 37.9 Å². The minimum atomic E-state index is -4.70. The van der Waals surface area contributed by atoms with Crippen molar-refractivity contribution < 1.29 is 31.9 Å². The molecule has 1 aromatic carbocycles. The number of hydrogen-bond acceptors (Lipinski definition) is 5. The van der Waals surface area contributed by atoms with Crippen LogP contribution in [0.25, 0.3) is 11.3 Å². The maximum Gasteiger partial charge on any atom is 0.435 e. The van der Waals surface area contributed by atoms with Crippen molar-refractivity contribution in [1.82, 2.24) is 14.9 Å². The average Bonchev–Trinajstić information content (AvgIpc) is 3.36. The number of H-pyrrole nitrogens is 1. The van der Waals surface area contributed by atoms with E-state index in [1.165, 1.54) is 24.1 Å². The van der Waals surface area contributed by atoms with Gasteiger partial charge in [-0.2, -0.15) is 13.2 Å². The van der Waals surface area contributed by atoms with Crippen molar-refractivity contribution in [3.8, 4) is 17.0 Å². The van der Waals surface area contributed by atoms with Crippen LogP contribution in [0.4, 0.5) is 18.0 Å². The smallest absolute Gasteiger partial charge is 0.435 e. The molecule has 2 atom stereocenters. The van der Waals surface area contributed by atoms with Crippen LogP contribution in [0.5, 0.6) is 5.75 Å². The summed E-state index contributed by atoms with van der Waals surface area (Å²) >= 11 is 0. The molecule has 1 aliphatic rings. The lowest BCUT2D eigenvalue weighted by atomic mass is 10.1. The number of hydrogen-bond donors (Lipinski definition) is 1. The van der Waals surface area contributed by atoms with Gasteiger partial charge in [0.1, 0.15) is 17.2 Å². The van der Waals surface area contributed by atoms with Gasteiger partial charge in [-0.3, -0.25) is 4.90 Å². The summed E-state index contributed by atoms with van der Waals surface area (Å²) in [6.07, 6.45) is -5.37. The zero-order chi connectivity index (χ0) is 28.0. The highest BCUT2D eigenvalue weighted by molar-refractivity contribution is 6.74. The topological polar surface area (TPSA) is 76.7 Å². The number of carbonyl (C=O) groups is 1. The number of likely N-dealkylation sites (tertiary alicyclic amines) is 1. The molecule has 7 nitrogen and oxygen atoms in total.